The molecule has 0 spiro atoms. The molecule has 0 amide bonds. The lowest BCUT2D eigenvalue weighted by molar-refractivity contribution is -0.190. The molecule has 190 valence electrons. The Bertz CT molecular complexity index is 1080. The number of aliphatic carboxylic acids is 1. The Morgan fingerprint density at radius 2 is 1.71 bits per heavy atom. The first-order chi connectivity index (χ1) is 16.2. The second kappa shape index (κ2) is 7.30. The van der Waals surface area contributed by atoms with Gasteiger partial charge in [-0.15, -0.1) is 0 Å². The number of carbonyl (C=O) groups excluding carboxylic acids is 2. The van der Waals surface area contributed by atoms with Gasteiger partial charge in [0.05, 0.1) is 12.0 Å². The lowest BCUT2D eigenvalue weighted by Crippen LogP contribution is -2.67. The van der Waals surface area contributed by atoms with E-state index in [2.05, 4.69) is 33.8 Å². The van der Waals surface area contributed by atoms with Gasteiger partial charge in [-0.3, -0.25) is 14.4 Å². The normalized spacial score (nSPS) is 50.5. The van der Waals surface area contributed by atoms with E-state index in [0.717, 1.165) is 38.5 Å². The van der Waals surface area contributed by atoms with Crippen molar-refractivity contribution in [2.24, 2.45) is 56.7 Å². The van der Waals surface area contributed by atoms with Crippen molar-refractivity contribution in [1.82, 2.24) is 0 Å². The molecule has 1 N–H and O–H groups in total. The van der Waals surface area contributed by atoms with Crippen LogP contribution in [-0.4, -0.2) is 22.6 Å². The first-order valence-corrected chi connectivity index (χ1v) is 13.6. The lowest BCUT2D eigenvalue weighted by atomic mass is 9.33. The van der Waals surface area contributed by atoms with Crippen molar-refractivity contribution >= 4 is 17.5 Å². The molecule has 35 heavy (non-hydrogen) atoms. The van der Waals surface area contributed by atoms with Gasteiger partial charge in [-0.1, -0.05) is 47.1 Å². The van der Waals surface area contributed by atoms with E-state index in [-0.39, 0.29) is 51.5 Å². The van der Waals surface area contributed by atoms with Gasteiger partial charge in [0.25, 0.3) is 0 Å². The number of carboxylic acids is 1. The zero-order chi connectivity index (χ0) is 25.8. The first-order valence-electron chi connectivity index (χ1n) is 13.6. The molecule has 0 saturated heterocycles. The monoisotopic (exact) mass is 479 g/mol. The van der Waals surface area contributed by atoms with Gasteiger partial charge in [-0.05, 0) is 90.9 Å². The Labute approximate surface area is 209 Å². The molecule has 0 bridgehead atoms. The number of carbonyl (C=O) groups is 3. The topological polar surface area (TPSA) is 95.2 Å². The van der Waals surface area contributed by atoms with Gasteiger partial charge in [0, 0.05) is 11.3 Å². The summed E-state index contributed by atoms with van der Waals surface area (Å²) in [7, 11) is 0. The molecule has 5 heteroatoms. The van der Waals surface area contributed by atoms with Crippen LogP contribution in [0.4, 0.5) is 0 Å². The molecule has 5 nitrogen and oxygen atoms in total. The molecule has 4 fully saturated rings. The second-order valence-corrected chi connectivity index (χ2v) is 14.3. The van der Waals surface area contributed by atoms with Gasteiger partial charge in [-0.25, -0.2) is 0 Å². The highest BCUT2D eigenvalue weighted by atomic mass is 16.4. The standard InChI is InChI=1S/C30H41NO4/c1-26(2)22-8-10-30(6)23(28(22,4)15-18(16-31)24(26)33)21(32)14-20-19-13-17(25(34)35)7-9-27(19,3)11-12-29(20,30)5/h14,17-19,22-23H,7-13,15H2,1-6H3,(H,34,35)/t17-,18?,19-,22-,23+,27+,28-,29+,30+/m0/s1. The number of nitrogens with zero attached hydrogens (tertiary/aromatic N) is 1. The fourth-order valence-corrected chi connectivity index (χ4v) is 10.4. The van der Waals surface area contributed by atoms with Gasteiger partial charge in [0.2, 0.25) is 0 Å². The summed E-state index contributed by atoms with van der Waals surface area (Å²) < 4.78 is 0. The van der Waals surface area contributed by atoms with Crippen LogP contribution in [-0.2, 0) is 14.4 Å². The van der Waals surface area contributed by atoms with Crippen LogP contribution in [0.2, 0.25) is 0 Å². The summed E-state index contributed by atoms with van der Waals surface area (Å²) in [5, 5.41) is 19.7. The van der Waals surface area contributed by atoms with Gasteiger partial charge in [0.15, 0.2) is 11.6 Å². The van der Waals surface area contributed by atoms with Crippen molar-refractivity contribution in [3.8, 4) is 6.07 Å². The van der Waals surface area contributed by atoms with E-state index in [1.165, 1.54) is 5.57 Å². The van der Waals surface area contributed by atoms with E-state index >= 15 is 0 Å². The summed E-state index contributed by atoms with van der Waals surface area (Å²) in [6.45, 7) is 13.1. The smallest absolute Gasteiger partial charge is 0.306 e. The molecule has 0 aliphatic heterocycles. The van der Waals surface area contributed by atoms with Crippen LogP contribution in [0.25, 0.3) is 0 Å². The Balaban J connectivity index is 1.64. The summed E-state index contributed by atoms with van der Waals surface area (Å²) in [6.07, 6.45) is 8.47. The van der Waals surface area contributed by atoms with Crippen LogP contribution < -0.4 is 0 Å². The van der Waals surface area contributed by atoms with Crippen molar-refractivity contribution in [3.63, 3.8) is 0 Å². The zero-order valence-corrected chi connectivity index (χ0v) is 22.2. The van der Waals surface area contributed by atoms with Gasteiger partial charge >= 0.3 is 5.97 Å². The quantitative estimate of drug-likeness (QED) is 0.499. The molecule has 0 aromatic heterocycles. The number of fused-ring (bicyclic) bond motifs is 7. The van der Waals surface area contributed by atoms with E-state index in [9.17, 15) is 24.8 Å². The minimum Gasteiger partial charge on any atom is -0.481 e. The number of carboxylic acid groups (broad SMARTS) is 1. The van der Waals surface area contributed by atoms with E-state index in [1.54, 1.807) is 0 Å². The largest absolute Gasteiger partial charge is 0.481 e. The van der Waals surface area contributed by atoms with Crippen LogP contribution in [0, 0.1) is 68.0 Å². The van der Waals surface area contributed by atoms with Crippen LogP contribution in [0.5, 0.6) is 0 Å². The van der Waals surface area contributed by atoms with Gasteiger partial charge < -0.3 is 5.11 Å². The third kappa shape index (κ3) is 2.95. The molecular formula is C30H41NO4. The summed E-state index contributed by atoms with van der Waals surface area (Å²) in [5.41, 5.74) is -0.239. The van der Waals surface area contributed by atoms with Crippen LogP contribution >= 0.6 is 0 Å². The Kier molecular flexibility index (Phi) is 5.15. The fraction of sp³-hybridized carbons (Fsp3) is 0.800. The number of Topliss-reactive ketones (excluding diaryl/α,β-unsaturated/α-hetero) is 1. The molecule has 4 saturated carbocycles. The minimum atomic E-state index is -0.712. The molecule has 5 aliphatic carbocycles. The van der Waals surface area contributed by atoms with E-state index in [1.807, 2.05) is 19.9 Å². The number of ketones is 2. The van der Waals surface area contributed by atoms with Crippen molar-refractivity contribution in [1.29, 1.82) is 5.26 Å². The highest BCUT2D eigenvalue weighted by Gasteiger charge is 2.71. The fourth-order valence-electron chi connectivity index (χ4n) is 10.4. The third-order valence-electron chi connectivity index (χ3n) is 12.5. The molecule has 0 aromatic carbocycles. The maximum absolute atomic E-state index is 14.2. The lowest BCUT2D eigenvalue weighted by Gasteiger charge is -2.69. The van der Waals surface area contributed by atoms with Gasteiger partial charge in [0.1, 0.15) is 5.92 Å². The molecule has 0 aromatic rings. The molecule has 1 unspecified atom stereocenters. The average molecular weight is 480 g/mol. The van der Waals surface area contributed by atoms with Crippen molar-refractivity contribution < 1.29 is 19.5 Å². The Morgan fingerprint density at radius 1 is 1.03 bits per heavy atom. The van der Waals surface area contributed by atoms with Crippen LogP contribution in [0.15, 0.2) is 11.6 Å². The first kappa shape index (κ1) is 24.7. The van der Waals surface area contributed by atoms with Crippen molar-refractivity contribution in [2.45, 2.75) is 92.9 Å². The minimum absolute atomic E-state index is 0.0344. The predicted molar refractivity (Wildman–Crippen MR) is 132 cm³/mol. The third-order valence-corrected chi connectivity index (χ3v) is 12.5. The number of hydrogen-bond donors (Lipinski definition) is 1. The summed E-state index contributed by atoms with van der Waals surface area (Å²) in [4.78, 5) is 39.3. The second-order valence-electron chi connectivity index (χ2n) is 14.3. The molecule has 9 atom stereocenters. The van der Waals surface area contributed by atoms with Crippen LogP contribution in [0.3, 0.4) is 0 Å². The average Bonchev–Trinajstić information content (AvgIpc) is 2.77. The Morgan fingerprint density at radius 3 is 2.34 bits per heavy atom. The number of nitriles is 1. The molecule has 5 rings (SSSR count). The van der Waals surface area contributed by atoms with E-state index in [0.29, 0.717) is 12.8 Å². The van der Waals surface area contributed by atoms with E-state index in [4.69, 9.17) is 0 Å². The Hall–Kier alpha value is -1.96. The summed E-state index contributed by atoms with van der Waals surface area (Å²) in [5.74, 6) is -1.56. The molecule has 5 aliphatic rings. The predicted octanol–water partition coefficient (Wildman–Crippen LogP) is 5.98. The molecule has 0 heterocycles. The zero-order valence-electron chi connectivity index (χ0n) is 22.2. The number of allylic oxidation sites excluding steroid dienone is 2. The van der Waals surface area contributed by atoms with E-state index < -0.39 is 22.7 Å². The SMILES string of the molecule is CC1(C)C(=O)C(C#N)C[C@]2(C)[C@H]3C(=O)C=C4[C@@H]5C[C@@H](C(=O)O)CC[C@]5(C)CC[C@@]4(C)[C@]3(C)CC[C@@H]12. The maximum atomic E-state index is 14.2. The molecule has 0 radical (unpaired) electrons. The highest BCUT2D eigenvalue weighted by Crippen LogP contribution is 2.74. The highest BCUT2D eigenvalue weighted by molar-refractivity contribution is 5.97. The van der Waals surface area contributed by atoms with Crippen LogP contribution in [0.1, 0.15) is 92.9 Å². The van der Waals surface area contributed by atoms with Crippen molar-refractivity contribution in [2.75, 3.05) is 0 Å². The van der Waals surface area contributed by atoms with Gasteiger partial charge in [-0.2, -0.15) is 5.26 Å². The summed E-state index contributed by atoms with van der Waals surface area (Å²) >= 11 is 0. The van der Waals surface area contributed by atoms with Crippen molar-refractivity contribution in [3.05, 3.63) is 11.6 Å². The molecular weight excluding hydrogens is 438 g/mol. The number of hydrogen-bond acceptors (Lipinski definition) is 4. The maximum Gasteiger partial charge on any atom is 0.306 e. The number of rotatable bonds is 1. The summed E-state index contributed by atoms with van der Waals surface area (Å²) in [6, 6.07) is 2.28.